The zero-order valence-corrected chi connectivity index (χ0v) is 14.8. The minimum atomic E-state index is -3.75. The van der Waals surface area contributed by atoms with Crippen molar-refractivity contribution >= 4 is 19.7 Å². The summed E-state index contributed by atoms with van der Waals surface area (Å²) in [5.74, 6) is -0.386. The van der Waals surface area contributed by atoms with Gasteiger partial charge in [0.15, 0.2) is 19.7 Å². The zero-order valence-electron chi connectivity index (χ0n) is 13.1. The fourth-order valence-corrected chi connectivity index (χ4v) is 4.18. The Hall–Kier alpha value is -1.08. The predicted molar refractivity (Wildman–Crippen MR) is 82.0 cm³/mol. The van der Waals surface area contributed by atoms with Crippen molar-refractivity contribution in [2.24, 2.45) is 0 Å². The molecular weight excluding hydrogens is 312 g/mol. The highest BCUT2D eigenvalue weighted by Gasteiger charge is 2.35. The maximum Gasteiger partial charge on any atom is 0.183 e. The Labute approximate surface area is 126 Å². The van der Waals surface area contributed by atoms with Gasteiger partial charge in [-0.05, 0) is 59.7 Å². The highest BCUT2D eigenvalue weighted by Crippen LogP contribution is 2.33. The lowest BCUT2D eigenvalue weighted by atomic mass is 10.3. The second kappa shape index (κ2) is 4.98. The highest BCUT2D eigenvalue weighted by atomic mass is 32.2. The van der Waals surface area contributed by atoms with Crippen LogP contribution in [0.25, 0.3) is 0 Å². The highest BCUT2D eigenvalue weighted by molar-refractivity contribution is 7.93. The molecule has 1 aromatic carbocycles. The standard InChI is InChI=1S/C14H22O5S2/c1-13(2,3)20(16,17)11-7-10(15)8-12(9-11)21(18,19)14(4,5)6/h7-9,15H,1-6H3. The largest absolute Gasteiger partial charge is 0.508 e. The third-order valence-corrected chi connectivity index (χ3v) is 8.04. The van der Waals surface area contributed by atoms with Crippen molar-refractivity contribution in [2.45, 2.75) is 60.8 Å². The minimum Gasteiger partial charge on any atom is -0.508 e. The van der Waals surface area contributed by atoms with Crippen molar-refractivity contribution in [1.82, 2.24) is 0 Å². The number of sulfone groups is 2. The molecule has 0 amide bonds. The van der Waals surface area contributed by atoms with Crippen LogP contribution in [0.2, 0.25) is 0 Å². The summed E-state index contributed by atoms with van der Waals surface area (Å²) in [5.41, 5.74) is 0. The van der Waals surface area contributed by atoms with Crippen molar-refractivity contribution in [3.63, 3.8) is 0 Å². The normalized spacial score (nSPS) is 14.2. The maximum absolute atomic E-state index is 12.4. The summed E-state index contributed by atoms with van der Waals surface area (Å²) < 4.78 is 47.5. The van der Waals surface area contributed by atoms with Gasteiger partial charge in [-0.1, -0.05) is 0 Å². The summed E-state index contributed by atoms with van der Waals surface area (Å²) >= 11 is 0. The van der Waals surface area contributed by atoms with E-state index in [0.29, 0.717) is 0 Å². The van der Waals surface area contributed by atoms with Gasteiger partial charge in [-0.15, -0.1) is 0 Å². The molecule has 0 aromatic heterocycles. The van der Waals surface area contributed by atoms with E-state index in [2.05, 4.69) is 0 Å². The molecule has 7 heteroatoms. The lowest BCUT2D eigenvalue weighted by molar-refractivity contribution is 0.470. The number of aromatic hydroxyl groups is 1. The molecule has 0 aliphatic heterocycles. The van der Waals surface area contributed by atoms with Crippen LogP contribution in [0.5, 0.6) is 5.75 Å². The summed E-state index contributed by atoms with van der Waals surface area (Å²) in [6.07, 6.45) is 0. The Morgan fingerprint density at radius 2 is 1.00 bits per heavy atom. The van der Waals surface area contributed by atoms with Gasteiger partial charge in [-0.2, -0.15) is 0 Å². The van der Waals surface area contributed by atoms with Gasteiger partial charge >= 0.3 is 0 Å². The number of rotatable bonds is 2. The predicted octanol–water partition coefficient (Wildman–Crippen LogP) is 2.54. The molecule has 0 heterocycles. The second-order valence-electron chi connectivity index (χ2n) is 6.89. The van der Waals surface area contributed by atoms with Crippen LogP contribution in [0.15, 0.2) is 28.0 Å². The molecule has 120 valence electrons. The lowest BCUT2D eigenvalue weighted by Crippen LogP contribution is -2.30. The van der Waals surface area contributed by atoms with Gasteiger partial charge in [-0.3, -0.25) is 0 Å². The van der Waals surface area contributed by atoms with Crippen LogP contribution in [0, 0.1) is 0 Å². The SMILES string of the molecule is CC(C)(C)S(=O)(=O)c1cc(O)cc(S(=O)(=O)C(C)(C)C)c1. The van der Waals surface area contributed by atoms with E-state index in [1.54, 1.807) is 0 Å². The van der Waals surface area contributed by atoms with Crippen LogP contribution in [-0.2, 0) is 19.7 Å². The number of benzene rings is 1. The Morgan fingerprint density at radius 3 is 1.24 bits per heavy atom. The van der Waals surface area contributed by atoms with Crippen LogP contribution in [0.4, 0.5) is 0 Å². The minimum absolute atomic E-state index is 0.196. The van der Waals surface area contributed by atoms with Gasteiger partial charge in [0.1, 0.15) is 5.75 Å². The quantitative estimate of drug-likeness (QED) is 0.898. The molecule has 0 fully saturated rings. The monoisotopic (exact) mass is 334 g/mol. The molecule has 0 saturated carbocycles. The smallest absolute Gasteiger partial charge is 0.183 e. The van der Waals surface area contributed by atoms with Crippen LogP contribution in [0.3, 0.4) is 0 Å². The Morgan fingerprint density at radius 1 is 0.714 bits per heavy atom. The molecule has 1 rings (SSSR count). The molecule has 5 nitrogen and oxygen atoms in total. The molecular formula is C14H22O5S2. The van der Waals surface area contributed by atoms with Crippen molar-refractivity contribution in [3.05, 3.63) is 18.2 Å². The summed E-state index contributed by atoms with van der Waals surface area (Å²) in [7, 11) is -7.50. The average Bonchev–Trinajstić information content (AvgIpc) is 2.24. The Kier molecular flexibility index (Phi) is 4.26. The number of hydrogen-bond acceptors (Lipinski definition) is 5. The van der Waals surface area contributed by atoms with Crippen LogP contribution in [-0.4, -0.2) is 31.4 Å². The van der Waals surface area contributed by atoms with E-state index < -0.39 is 29.2 Å². The van der Waals surface area contributed by atoms with E-state index in [9.17, 15) is 21.9 Å². The van der Waals surface area contributed by atoms with Gasteiger partial charge in [0.05, 0.1) is 19.3 Å². The molecule has 0 spiro atoms. The maximum atomic E-state index is 12.4. The molecule has 0 saturated heterocycles. The van der Waals surface area contributed by atoms with E-state index in [1.165, 1.54) is 41.5 Å². The van der Waals surface area contributed by atoms with Gasteiger partial charge in [0.25, 0.3) is 0 Å². The van der Waals surface area contributed by atoms with Gasteiger partial charge in [0.2, 0.25) is 0 Å². The lowest BCUT2D eigenvalue weighted by Gasteiger charge is -2.22. The molecule has 0 unspecified atom stereocenters. The van der Waals surface area contributed by atoms with Crippen molar-refractivity contribution in [2.75, 3.05) is 0 Å². The first-order valence-electron chi connectivity index (χ1n) is 6.44. The van der Waals surface area contributed by atoms with E-state index in [1.807, 2.05) is 0 Å². The molecule has 1 aromatic rings. The molecule has 0 aliphatic carbocycles. The zero-order chi connectivity index (χ0) is 16.9. The van der Waals surface area contributed by atoms with Crippen LogP contribution >= 0.6 is 0 Å². The van der Waals surface area contributed by atoms with E-state index in [-0.39, 0.29) is 15.5 Å². The fourth-order valence-electron chi connectivity index (χ4n) is 1.57. The first-order chi connectivity index (χ1) is 9.10. The van der Waals surface area contributed by atoms with E-state index >= 15 is 0 Å². The summed E-state index contributed by atoms with van der Waals surface area (Å²) in [6.45, 7) is 9.11. The van der Waals surface area contributed by atoms with Crippen LogP contribution < -0.4 is 0 Å². The van der Waals surface area contributed by atoms with Gasteiger partial charge < -0.3 is 5.11 Å². The third kappa shape index (κ3) is 3.23. The third-order valence-electron chi connectivity index (χ3n) is 3.10. The first-order valence-corrected chi connectivity index (χ1v) is 9.41. The van der Waals surface area contributed by atoms with Crippen LogP contribution in [0.1, 0.15) is 41.5 Å². The van der Waals surface area contributed by atoms with Gasteiger partial charge in [-0.25, -0.2) is 16.8 Å². The second-order valence-corrected chi connectivity index (χ2v) is 12.3. The molecule has 1 N–H and O–H groups in total. The Bertz CT molecular complexity index is 683. The average molecular weight is 334 g/mol. The van der Waals surface area contributed by atoms with Crippen molar-refractivity contribution in [3.8, 4) is 5.75 Å². The molecule has 21 heavy (non-hydrogen) atoms. The molecule has 0 radical (unpaired) electrons. The molecule has 0 aliphatic rings. The number of phenols is 1. The van der Waals surface area contributed by atoms with E-state index in [0.717, 1.165) is 18.2 Å². The summed E-state index contributed by atoms with van der Waals surface area (Å²) in [6, 6.07) is 3.26. The number of phenolic OH excluding ortho intramolecular Hbond substituents is 1. The summed E-state index contributed by atoms with van der Waals surface area (Å²) in [4.78, 5) is -0.393. The fraction of sp³-hybridized carbons (Fsp3) is 0.571. The van der Waals surface area contributed by atoms with E-state index in [4.69, 9.17) is 0 Å². The van der Waals surface area contributed by atoms with Crippen molar-refractivity contribution in [1.29, 1.82) is 0 Å². The van der Waals surface area contributed by atoms with Crippen molar-refractivity contribution < 1.29 is 21.9 Å². The Balaban J connectivity index is 3.67. The van der Waals surface area contributed by atoms with Gasteiger partial charge in [0, 0.05) is 0 Å². The summed E-state index contributed by atoms with van der Waals surface area (Å²) in [5, 5.41) is 9.72. The first kappa shape index (κ1) is 18.0. The number of hydrogen-bond donors (Lipinski definition) is 1. The molecule has 0 atom stereocenters. The topological polar surface area (TPSA) is 88.5 Å². The molecule has 0 bridgehead atoms.